The number of hydrogen-bond donors (Lipinski definition) is 2. The van der Waals surface area contributed by atoms with E-state index in [1.807, 2.05) is 6.07 Å². The van der Waals surface area contributed by atoms with Gasteiger partial charge in [-0.25, -0.2) is 14.3 Å². The van der Waals surface area contributed by atoms with Crippen molar-refractivity contribution in [1.82, 2.24) is 4.98 Å². The normalized spacial score (nSPS) is 21.6. The van der Waals surface area contributed by atoms with Gasteiger partial charge in [-0.05, 0) is 29.7 Å². The first-order valence-corrected chi connectivity index (χ1v) is 13.0. The quantitative estimate of drug-likeness (QED) is 0.697. The van der Waals surface area contributed by atoms with Crippen molar-refractivity contribution in [3.05, 3.63) is 36.4 Å². The summed E-state index contributed by atoms with van der Waals surface area (Å²) in [6.07, 6.45) is 1.57. The average Bonchev–Trinajstić information content (AvgIpc) is 2.94. The number of anilines is 3. The summed E-state index contributed by atoms with van der Waals surface area (Å²) in [4.78, 5) is 11.8. The summed E-state index contributed by atoms with van der Waals surface area (Å²) in [7, 11) is -1.20. The highest BCUT2D eigenvalue weighted by molar-refractivity contribution is 8.38. The molecule has 1 aromatic heterocycles. The standard InChI is InChI=1S/C23H34N4O2S/c1-23(2,3)16-27-17-25(4)22-21(27)10-9-20(24-22)18-7-6-8-19(15-18)26-11-13-30(5,28,29)14-12-26/h6-10,13,15,28-29H,11-12,14,16-17H2,1-5H3. The van der Waals surface area contributed by atoms with Gasteiger partial charge < -0.3 is 23.8 Å². The van der Waals surface area contributed by atoms with Crippen LogP contribution in [0.15, 0.2) is 36.4 Å². The molecule has 3 heterocycles. The van der Waals surface area contributed by atoms with Crippen LogP contribution in [0.25, 0.3) is 11.3 Å². The van der Waals surface area contributed by atoms with Crippen molar-refractivity contribution in [3.63, 3.8) is 0 Å². The van der Waals surface area contributed by atoms with Gasteiger partial charge in [-0.1, -0.05) is 32.9 Å². The Morgan fingerprint density at radius 3 is 2.57 bits per heavy atom. The first kappa shape index (κ1) is 21.2. The minimum Gasteiger partial charge on any atom is -0.365 e. The maximum Gasteiger partial charge on any atom is 0.154 e. The lowest BCUT2D eigenvalue weighted by Crippen LogP contribution is -2.37. The van der Waals surface area contributed by atoms with Gasteiger partial charge in [-0.3, -0.25) is 0 Å². The van der Waals surface area contributed by atoms with Crippen LogP contribution in [0.1, 0.15) is 20.8 Å². The van der Waals surface area contributed by atoms with Crippen molar-refractivity contribution in [2.45, 2.75) is 20.8 Å². The van der Waals surface area contributed by atoms with Crippen LogP contribution in [0.5, 0.6) is 0 Å². The Balaban J connectivity index is 1.61. The van der Waals surface area contributed by atoms with E-state index < -0.39 is 9.31 Å². The lowest BCUT2D eigenvalue weighted by Gasteiger charge is -2.46. The fourth-order valence-corrected chi connectivity index (χ4v) is 5.53. The van der Waals surface area contributed by atoms with Crippen LogP contribution in [0.3, 0.4) is 0 Å². The summed E-state index contributed by atoms with van der Waals surface area (Å²) in [5.41, 5.74) is 4.53. The van der Waals surface area contributed by atoms with E-state index in [9.17, 15) is 9.11 Å². The Kier molecular flexibility index (Phi) is 4.91. The topological polar surface area (TPSA) is 63.1 Å². The number of benzene rings is 1. The maximum absolute atomic E-state index is 10.3. The Labute approximate surface area is 180 Å². The van der Waals surface area contributed by atoms with Gasteiger partial charge in [0.1, 0.15) is 0 Å². The molecule has 6 nitrogen and oxygen atoms in total. The number of rotatable bonds is 3. The van der Waals surface area contributed by atoms with Gasteiger partial charge in [0.25, 0.3) is 0 Å². The smallest absolute Gasteiger partial charge is 0.154 e. The fourth-order valence-electron chi connectivity index (χ4n) is 4.13. The van der Waals surface area contributed by atoms with E-state index in [4.69, 9.17) is 4.98 Å². The summed E-state index contributed by atoms with van der Waals surface area (Å²) >= 11 is 0. The molecule has 4 rings (SSSR count). The molecule has 0 atom stereocenters. The monoisotopic (exact) mass is 430 g/mol. The second-order valence-electron chi connectivity index (χ2n) is 10.1. The van der Waals surface area contributed by atoms with Gasteiger partial charge in [-0.15, -0.1) is 0 Å². The summed E-state index contributed by atoms with van der Waals surface area (Å²) in [5, 5.41) is 1.68. The first-order valence-electron chi connectivity index (χ1n) is 10.4. The molecule has 0 aliphatic carbocycles. The van der Waals surface area contributed by atoms with Gasteiger partial charge in [0, 0.05) is 55.3 Å². The number of pyridine rings is 1. The Morgan fingerprint density at radius 1 is 1.13 bits per heavy atom. The van der Waals surface area contributed by atoms with Crippen LogP contribution >= 0.6 is 9.31 Å². The van der Waals surface area contributed by atoms with Crippen molar-refractivity contribution in [2.75, 3.05) is 60.1 Å². The summed E-state index contributed by atoms with van der Waals surface area (Å²) in [5.74, 6) is 1.41. The Bertz CT molecular complexity index is 1030. The average molecular weight is 431 g/mol. The molecule has 0 spiro atoms. The third-order valence-corrected chi connectivity index (χ3v) is 7.91. The van der Waals surface area contributed by atoms with Gasteiger partial charge >= 0.3 is 0 Å². The zero-order valence-corrected chi connectivity index (χ0v) is 19.5. The zero-order chi connectivity index (χ0) is 21.8. The van der Waals surface area contributed by atoms with E-state index in [-0.39, 0.29) is 5.41 Å². The lowest BCUT2D eigenvalue weighted by molar-refractivity contribution is 0.413. The molecule has 1 aromatic carbocycles. The maximum atomic E-state index is 10.3. The fraction of sp³-hybridized carbons (Fsp3) is 0.478. The molecule has 0 radical (unpaired) electrons. The van der Waals surface area contributed by atoms with E-state index in [2.05, 4.69) is 72.9 Å². The predicted molar refractivity (Wildman–Crippen MR) is 132 cm³/mol. The van der Waals surface area contributed by atoms with Crippen molar-refractivity contribution in [2.24, 2.45) is 5.41 Å². The third kappa shape index (κ3) is 4.48. The molecule has 2 aliphatic heterocycles. The van der Waals surface area contributed by atoms with Crippen molar-refractivity contribution in [1.29, 1.82) is 0 Å². The minimum atomic E-state index is -3.29. The zero-order valence-electron chi connectivity index (χ0n) is 18.7. The summed E-state index contributed by atoms with van der Waals surface area (Å²) in [6.45, 7) is 9.80. The van der Waals surface area contributed by atoms with E-state index in [0.717, 1.165) is 36.0 Å². The van der Waals surface area contributed by atoms with Crippen LogP contribution in [0.2, 0.25) is 0 Å². The van der Waals surface area contributed by atoms with Crippen molar-refractivity contribution >= 4 is 31.9 Å². The molecule has 2 N–H and O–H groups in total. The molecule has 0 saturated heterocycles. The molecule has 2 aliphatic rings. The van der Waals surface area contributed by atoms with Gasteiger partial charge in [0.2, 0.25) is 0 Å². The molecule has 0 unspecified atom stereocenters. The number of nitrogens with zero attached hydrogens (tertiary/aromatic N) is 4. The molecule has 0 fully saturated rings. The molecular weight excluding hydrogens is 396 g/mol. The Morgan fingerprint density at radius 2 is 1.90 bits per heavy atom. The number of aromatic nitrogens is 1. The molecule has 0 amide bonds. The molecule has 0 saturated carbocycles. The number of hydrogen-bond acceptors (Lipinski definition) is 6. The van der Waals surface area contributed by atoms with Crippen LogP contribution in [-0.2, 0) is 0 Å². The van der Waals surface area contributed by atoms with E-state index in [1.54, 1.807) is 11.6 Å². The molecule has 30 heavy (non-hydrogen) atoms. The SMILES string of the molecule is CN1CN(CC(C)(C)C)c2ccc(-c3cccc(N4CC=S(C)(O)(O)CC4)c3)nc21. The molecular formula is C23H34N4O2S. The van der Waals surface area contributed by atoms with Crippen LogP contribution in [0.4, 0.5) is 17.2 Å². The molecule has 7 heteroatoms. The Hall–Kier alpha value is -2.09. The molecule has 2 aromatic rings. The van der Waals surface area contributed by atoms with Crippen LogP contribution < -0.4 is 14.7 Å². The first-order chi connectivity index (χ1) is 13.9. The van der Waals surface area contributed by atoms with E-state index in [1.165, 1.54) is 5.69 Å². The highest BCUT2D eigenvalue weighted by atomic mass is 32.3. The van der Waals surface area contributed by atoms with Crippen LogP contribution in [-0.4, -0.2) is 64.8 Å². The molecule has 0 bridgehead atoms. The lowest BCUT2D eigenvalue weighted by atomic mass is 9.96. The highest BCUT2D eigenvalue weighted by Crippen LogP contribution is 2.47. The summed E-state index contributed by atoms with van der Waals surface area (Å²) in [6, 6.07) is 12.6. The second-order valence-corrected chi connectivity index (χ2v) is 14.1. The second kappa shape index (κ2) is 6.97. The summed E-state index contributed by atoms with van der Waals surface area (Å²) < 4.78 is 20.6. The van der Waals surface area contributed by atoms with Gasteiger partial charge in [0.15, 0.2) is 5.82 Å². The van der Waals surface area contributed by atoms with Crippen LogP contribution in [0, 0.1) is 5.41 Å². The van der Waals surface area contributed by atoms with E-state index in [0.29, 0.717) is 18.8 Å². The number of fused-ring (bicyclic) bond motifs is 1. The largest absolute Gasteiger partial charge is 0.365 e. The minimum absolute atomic E-state index is 0.223. The third-order valence-electron chi connectivity index (χ3n) is 5.71. The van der Waals surface area contributed by atoms with E-state index >= 15 is 0 Å². The molecule has 164 valence electrons. The van der Waals surface area contributed by atoms with Crippen molar-refractivity contribution < 1.29 is 9.11 Å². The van der Waals surface area contributed by atoms with Crippen molar-refractivity contribution in [3.8, 4) is 11.3 Å². The van der Waals surface area contributed by atoms with Gasteiger partial charge in [-0.2, -0.15) is 0 Å². The van der Waals surface area contributed by atoms with Gasteiger partial charge in [0.05, 0.1) is 18.1 Å². The predicted octanol–water partition coefficient (Wildman–Crippen LogP) is 4.55. The highest BCUT2D eigenvalue weighted by Gasteiger charge is 2.28.